The number of rotatable bonds is 10. The Kier molecular flexibility index (Phi) is 8.17. The minimum absolute atomic E-state index is 0.131. The monoisotopic (exact) mass is 358 g/mol. The molecule has 0 heterocycles. The highest BCUT2D eigenvalue weighted by Crippen LogP contribution is 2.17. The second-order valence-corrected chi connectivity index (χ2v) is 7.28. The number of ether oxygens (including phenoxy) is 2. The van der Waals surface area contributed by atoms with Crippen LogP contribution in [0, 0.1) is 0 Å². The highest BCUT2D eigenvalue weighted by molar-refractivity contribution is 7.89. The lowest BCUT2D eigenvalue weighted by molar-refractivity contribution is -0.126. The van der Waals surface area contributed by atoms with Crippen LogP contribution in [-0.4, -0.2) is 46.7 Å². The molecule has 0 aliphatic rings. The summed E-state index contributed by atoms with van der Waals surface area (Å²) in [6.07, 6.45) is 0.0743. The van der Waals surface area contributed by atoms with Crippen LogP contribution in [0.15, 0.2) is 29.2 Å². The lowest BCUT2D eigenvalue weighted by atomic mass is 10.3. The molecule has 0 fully saturated rings. The van der Waals surface area contributed by atoms with E-state index in [4.69, 9.17) is 9.47 Å². The van der Waals surface area contributed by atoms with E-state index in [2.05, 4.69) is 10.0 Å². The van der Waals surface area contributed by atoms with Crippen molar-refractivity contribution < 1.29 is 22.7 Å². The quantitative estimate of drug-likeness (QED) is 0.615. The van der Waals surface area contributed by atoms with E-state index >= 15 is 0 Å². The van der Waals surface area contributed by atoms with Gasteiger partial charge in [-0.25, -0.2) is 13.1 Å². The first-order valence-corrected chi connectivity index (χ1v) is 9.34. The molecule has 1 aromatic rings. The summed E-state index contributed by atoms with van der Waals surface area (Å²) in [6, 6.07) is 5.93. The average molecular weight is 358 g/mol. The van der Waals surface area contributed by atoms with Gasteiger partial charge in [-0.1, -0.05) is 0 Å². The Morgan fingerprint density at radius 1 is 1.17 bits per heavy atom. The standard InChI is InChI=1S/C16H26N2O5S/c1-12(2)22-11-5-10-18-24(20,21)15-8-6-14(7-9-15)23-13(3)16(19)17-4/h6-9,12-13,18H,5,10-11H2,1-4H3,(H,17,19)/t13-/m1/s1. The van der Waals surface area contributed by atoms with Gasteiger partial charge in [0.15, 0.2) is 6.10 Å². The van der Waals surface area contributed by atoms with Crippen LogP contribution in [0.3, 0.4) is 0 Å². The SMILES string of the molecule is CNC(=O)[C@@H](C)Oc1ccc(S(=O)(=O)NCCCOC(C)C)cc1. The second-order valence-electron chi connectivity index (χ2n) is 5.52. The second kappa shape index (κ2) is 9.61. The summed E-state index contributed by atoms with van der Waals surface area (Å²) in [6.45, 7) is 6.28. The van der Waals surface area contributed by atoms with Crippen LogP contribution in [0.2, 0.25) is 0 Å². The molecule has 0 aliphatic heterocycles. The van der Waals surface area contributed by atoms with Crippen molar-refractivity contribution in [1.82, 2.24) is 10.0 Å². The van der Waals surface area contributed by atoms with Crippen LogP contribution in [0.1, 0.15) is 27.2 Å². The van der Waals surface area contributed by atoms with Crippen molar-refractivity contribution in [3.05, 3.63) is 24.3 Å². The number of sulfonamides is 1. The lowest BCUT2D eigenvalue weighted by Gasteiger charge is -2.13. The fourth-order valence-corrected chi connectivity index (χ4v) is 2.91. The predicted octanol–water partition coefficient (Wildman–Crippen LogP) is 1.29. The van der Waals surface area contributed by atoms with Crippen molar-refractivity contribution in [3.8, 4) is 5.75 Å². The minimum atomic E-state index is -3.57. The van der Waals surface area contributed by atoms with Crippen LogP contribution in [0.5, 0.6) is 5.75 Å². The fraction of sp³-hybridized carbons (Fsp3) is 0.562. The third-order valence-corrected chi connectivity index (χ3v) is 4.60. The maximum atomic E-state index is 12.2. The molecule has 0 saturated carbocycles. The number of carbonyl (C=O) groups is 1. The summed E-state index contributed by atoms with van der Waals surface area (Å²) >= 11 is 0. The number of likely N-dealkylation sites (N-methyl/N-ethyl adjacent to an activating group) is 1. The Labute approximate surface area is 143 Å². The molecule has 136 valence electrons. The molecular formula is C16H26N2O5S. The molecule has 0 spiro atoms. The van der Waals surface area contributed by atoms with Crippen LogP contribution in [0.25, 0.3) is 0 Å². The first-order chi connectivity index (χ1) is 11.3. The zero-order valence-corrected chi connectivity index (χ0v) is 15.4. The van der Waals surface area contributed by atoms with Crippen molar-refractivity contribution in [1.29, 1.82) is 0 Å². The predicted molar refractivity (Wildman–Crippen MR) is 91.5 cm³/mol. The number of nitrogens with one attached hydrogen (secondary N) is 2. The maximum absolute atomic E-state index is 12.2. The Morgan fingerprint density at radius 3 is 2.33 bits per heavy atom. The molecule has 8 heteroatoms. The molecule has 0 bridgehead atoms. The topological polar surface area (TPSA) is 93.7 Å². The molecule has 1 amide bonds. The fourth-order valence-electron chi connectivity index (χ4n) is 1.84. The first-order valence-electron chi connectivity index (χ1n) is 7.86. The van der Waals surface area contributed by atoms with Crippen molar-refractivity contribution in [3.63, 3.8) is 0 Å². The highest BCUT2D eigenvalue weighted by atomic mass is 32.2. The van der Waals surface area contributed by atoms with E-state index in [9.17, 15) is 13.2 Å². The summed E-state index contributed by atoms with van der Waals surface area (Å²) in [5, 5.41) is 2.48. The minimum Gasteiger partial charge on any atom is -0.481 e. The summed E-state index contributed by atoms with van der Waals surface area (Å²) in [7, 11) is -2.04. The third-order valence-electron chi connectivity index (χ3n) is 3.13. The number of amides is 1. The Balaban J connectivity index is 2.55. The number of carbonyl (C=O) groups excluding carboxylic acids is 1. The van der Waals surface area contributed by atoms with Gasteiger partial charge in [0.1, 0.15) is 5.75 Å². The van der Waals surface area contributed by atoms with Gasteiger partial charge < -0.3 is 14.8 Å². The van der Waals surface area contributed by atoms with Crippen molar-refractivity contribution in [2.45, 2.75) is 44.3 Å². The van der Waals surface area contributed by atoms with Gasteiger partial charge in [0.25, 0.3) is 5.91 Å². The van der Waals surface area contributed by atoms with Crippen LogP contribution in [-0.2, 0) is 19.6 Å². The molecule has 0 aliphatic carbocycles. The molecule has 0 radical (unpaired) electrons. The summed E-state index contributed by atoms with van der Waals surface area (Å²) in [5.41, 5.74) is 0. The van der Waals surface area contributed by atoms with E-state index in [1.807, 2.05) is 13.8 Å². The van der Waals surface area contributed by atoms with E-state index in [1.165, 1.54) is 31.3 Å². The zero-order valence-electron chi connectivity index (χ0n) is 14.5. The van der Waals surface area contributed by atoms with Crippen molar-refractivity contribution in [2.75, 3.05) is 20.2 Å². The van der Waals surface area contributed by atoms with E-state index in [-0.39, 0.29) is 16.9 Å². The smallest absolute Gasteiger partial charge is 0.260 e. The molecule has 1 aromatic carbocycles. The summed E-state index contributed by atoms with van der Waals surface area (Å²) in [4.78, 5) is 11.5. The van der Waals surface area contributed by atoms with Gasteiger partial charge in [-0.2, -0.15) is 0 Å². The maximum Gasteiger partial charge on any atom is 0.260 e. The molecule has 2 N–H and O–H groups in total. The van der Waals surface area contributed by atoms with Gasteiger partial charge in [-0.05, 0) is 51.5 Å². The normalized spacial score (nSPS) is 12.9. The van der Waals surface area contributed by atoms with E-state index < -0.39 is 16.1 Å². The number of hydrogen-bond acceptors (Lipinski definition) is 5. The van der Waals surface area contributed by atoms with Gasteiger partial charge in [-0.15, -0.1) is 0 Å². The Hall–Kier alpha value is -1.64. The third kappa shape index (κ3) is 6.86. The van der Waals surface area contributed by atoms with Crippen LogP contribution < -0.4 is 14.8 Å². The van der Waals surface area contributed by atoms with Gasteiger partial charge in [0.05, 0.1) is 11.0 Å². The highest BCUT2D eigenvalue weighted by Gasteiger charge is 2.15. The number of benzene rings is 1. The summed E-state index contributed by atoms with van der Waals surface area (Å²) < 4.78 is 37.6. The molecule has 7 nitrogen and oxygen atoms in total. The molecule has 24 heavy (non-hydrogen) atoms. The van der Waals surface area contributed by atoms with Crippen LogP contribution >= 0.6 is 0 Å². The van der Waals surface area contributed by atoms with Crippen molar-refractivity contribution in [2.24, 2.45) is 0 Å². The average Bonchev–Trinajstić information content (AvgIpc) is 2.53. The largest absolute Gasteiger partial charge is 0.481 e. The molecule has 0 saturated heterocycles. The van der Waals surface area contributed by atoms with E-state index in [1.54, 1.807) is 6.92 Å². The summed E-state index contributed by atoms with van der Waals surface area (Å²) in [5.74, 6) is 0.173. The van der Waals surface area contributed by atoms with Gasteiger partial charge in [0, 0.05) is 20.2 Å². The molecular weight excluding hydrogens is 332 g/mol. The Morgan fingerprint density at radius 2 is 1.79 bits per heavy atom. The van der Waals surface area contributed by atoms with Crippen molar-refractivity contribution >= 4 is 15.9 Å². The molecule has 1 rings (SSSR count). The molecule has 1 atom stereocenters. The van der Waals surface area contributed by atoms with Crippen LogP contribution in [0.4, 0.5) is 0 Å². The lowest BCUT2D eigenvalue weighted by Crippen LogP contribution is -2.33. The molecule has 0 unspecified atom stereocenters. The van der Waals surface area contributed by atoms with Gasteiger partial charge in [0.2, 0.25) is 10.0 Å². The Bertz CT molecular complexity index is 614. The van der Waals surface area contributed by atoms with E-state index in [0.29, 0.717) is 25.3 Å². The van der Waals surface area contributed by atoms with Gasteiger partial charge in [-0.3, -0.25) is 4.79 Å². The van der Waals surface area contributed by atoms with E-state index in [0.717, 1.165) is 0 Å². The zero-order chi connectivity index (χ0) is 18.2. The first kappa shape index (κ1) is 20.4. The molecule has 0 aromatic heterocycles. The van der Waals surface area contributed by atoms with Gasteiger partial charge >= 0.3 is 0 Å². The number of hydrogen-bond donors (Lipinski definition) is 2.